The van der Waals surface area contributed by atoms with E-state index >= 15 is 0 Å². The molecule has 172 valence electrons. The van der Waals surface area contributed by atoms with Gasteiger partial charge in [-0.05, 0) is 72.8 Å². The Morgan fingerprint density at radius 1 is 0.382 bits per heavy atom. The number of fused-ring (bicyclic) bond motifs is 2. The average Bonchev–Trinajstić information content (AvgIpc) is 2.81. The van der Waals surface area contributed by atoms with Gasteiger partial charge in [-0.15, -0.1) is 0 Å². The van der Waals surface area contributed by atoms with Crippen molar-refractivity contribution in [3.8, 4) is 0 Å². The highest BCUT2D eigenvalue weighted by Crippen LogP contribution is 2.54. The van der Waals surface area contributed by atoms with Gasteiger partial charge in [-0.2, -0.15) is 26.3 Å². The predicted molar refractivity (Wildman–Crippen MR) is 119 cm³/mol. The molecular formula is C26H16F6N2. The molecule has 0 saturated heterocycles. The van der Waals surface area contributed by atoms with E-state index in [0.29, 0.717) is 34.1 Å². The van der Waals surface area contributed by atoms with Crippen LogP contribution in [-0.2, 0) is 12.4 Å². The van der Waals surface area contributed by atoms with Crippen LogP contribution in [0.4, 0.5) is 60.5 Å². The Labute approximate surface area is 191 Å². The Morgan fingerprint density at radius 3 is 0.882 bits per heavy atom. The van der Waals surface area contributed by atoms with Crippen LogP contribution < -0.4 is 9.80 Å². The zero-order chi connectivity index (χ0) is 24.1. The van der Waals surface area contributed by atoms with Gasteiger partial charge in [0.25, 0.3) is 0 Å². The highest BCUT2D eigenvalue weighted by atomic mass is 19.4. The molecule has 0 amide bonds. The zero-order valence-corrected chi connectivity index (χ0v) is 17.4. The minimum absolute atomic E-state index is 0.528. The number of nitrogens with zero attached hydrogens (tertiary/aromatic N) is 2. The van der Waals surface area contributed by atoms with Gasteiger partial charge in [-0.3, -0.25) is 0 Å². The molecule has 0 aromatic heterocycles. The van der Waals surface area contributed by atoms with Crippen LogP contribution in [0.1, 0.15) is 11.1 Å². The molecule has 1 heterocycles. The standard InChI is InChI=1S/C26H16F6N2/c27-25(28,29)17-9-13-19(14-10-17)33-21-5-1-2-6-22(21)34(24-8-4-3-7-23(24)33)20-15-11-18(12-16-20)26(30,31)32/h1-16H. The normalized spacial score (nSPS) is 13.5. The fourth-order valence-electron chi connectivity index (χ4n) is 4.10. The third-order valence-electron chi connectivity index (χ3n) is 5.63. The van der Waals surface area contributed by atoms with Gasteiger partial charge in [0.15, 0.2) is 0 Å². The lowest BCUT2D eigenvalue weighted by atomic mass is 10.0. The summed E-state index contributed by atoms with van der Waals surface area (Å²) in [5.74, 6) is 0. The number of hydrogen-bond donors (Lipinski definition) is 0. The molecule has 0 N–H and O–H groups in total. The summed E-state index contributed by atoms with van der Waals surface area (Å²) in [5, 5.41) is 0. The van der Waals surface area contributed by atoms with Gasteiger partial charge in [0, 0.05) is 11.4 Å². The Bertz CT molecular complexity index is 1170. The van der Waals surface area contributed by atoms with Crippen LogP contribution in [0.2, 0.25) is 0 Å². The van der Waals surface area contributed by atoms with E-state index in [4.69, 9.17) is 0 Å². The summed E-state index contributed by atoms with van der Waals surface area (Å²) in [4.78, 5) is 3.68. The van der Waals surface area contributed by atoms with Gasteiger partial charge in [0.1, 0.15) is 0 Å². The number of anilines is 6. The molecule has 0 radical (unpaired) electrons. The molecule has 1 aliphatic rings. The summed E-state index contributed by atoms with van der Waals surface area (Å²) < 4.78 is 78.5. The molecule has 1 aliphatic heterocycles. The highest BCUT2D eigenvalue weighted by Gasteiger charge is 2.34. The SMILES string of the molecule is FC(F)(F)c1ccc(N2c3ccccc3N(c3ccc(C(F)(F)F)cc3)c3ccccc32)cc1. The first-order chi connectivity index (χ1) is 16.1. The second-order valence-corrected chi connectivity index (χ2v) is 7.74. The number of hydrogen-bond acceptors (Lipinski definition) is 2. The minimum atomic E-state index is -4.45. The summed E-state index contributed by atoms with van der Waals surface area (Å²) in [6, 6.07) is 24.2. The maximum atomic E-state index is 13.1. The first-order valence-electron chi connectivity index (χ1n) is 10.3. The van der Waals surface area contributed by atoms with Gasteiger partial charge >= 0.3 is 12.4 Å². The van der Waals surface area contributed by atoms with E-state index in [1.165, 1.54) is 24.3 Å². The minimum Gasteiger partial charge on any atom is -0.306 e. The summed E-state index contributed by atoms with van der Waals surface area (Å²) in [5.41, 5.74) is 2.28. The number of benzene rings is 4. The van der Waals surface area contributed by atoms with Crippen molar-refractivity contribution in [3.63, 3.8) is 0 Å². The Balaban J connectivity index is 1.66. The van der Waals surface area contributed by atoms with E-state index in [1.54, 1.807) is 24.3 Å². The van der Waals surface area contributed by atoms with Gasteiger partial charge in [-0.25, -0.2) is 0 Å². The van der Waals surface area contributed by atoms with Crippen molar-refractivity contribution in [2.24, 2.45) is 0 Å². The van der Waals surface area contributed by atoms with Crippen LogP contribution in [0.3, 0.4) is 0 Å². The maximum absolute atomic E-state index is 13.1. The maximum Gasteiger partial charge on any atom is 0.416 e. The van der Waals surface area contributed by atoms with Crippen LogP contribution in [0.25, 0.3) is 0 Å². The van der Waals surface area contributed by atoms with Crippen LogP contribution in [0.15, 0.2) is 97.1 Å². The molecule has 4 aromatic carbocycles. The molecule has 0 atom stereocenters. The van der Waals surface area contributed by atoms with E-state index < -0.39 is 23.5 Å². The Morgan fingerprint density at radius 2 is 0.647 bits per heavy atom. The average molecular weight is 470 g/mol. The number of para-hydroxylation sites is 4. The van der Waals surface area contributed by atoms with Crippen molar-refractivity contribution in [1.29, 1.82) is 0 Å². The van der Waals surface area contributed by atoms with Gasteiger partial charge in [-0.1, -0.05) is 24.3 Å². The van der Waals surface area contributed by atoms with Crippen molar-refractivity contribution in [2.75, 3.05) is 9.80 Å². The smallest absolute Gasteiger partial charge is 0.306 e. The lowest BCUT2D eigenvalue weighted by molar-refractivity contribution is -0.138. The summed E-state index contributed by atoms with van der Waals surface area (Å²) in [7, 11) is 0. The summed E-state index contributed by atoms with van der Waals surface area (Å²) in [6.07, 6.45) is -8.90. The first kappa shape index (κ1) is 21.9. The monoisotopic (exact) mass is 470 g/mol. The lowest BCUT2D eigenvalue weighted by Crippen LogP contribution is -2.24. The van der Waals surface area contributed by atoms with Crippen molar-refractivity contribution in [1.82, 2.24) is 0 Å². The molecule has 8 heteroatoms. The van der Waals surface area contributed by atoms with Gasteiger partial charge < -0.3 is 9.80 Å². The molecule has 34 heavy (non-hydrogen) atoms. The van der Waals surface area contributed by atoms with E-state index in [1.807, 2.05) is 34.1 Å². The molecule has 0 spiro atoms. The zero-order valence-electron chi connectivity index (χ0n) is 17.4. The molecular weight excluding hydrogens is 454 g/mol. The fraction of sp³-hybridized carbons (Fsp3) is 0.0769. The molecule has 2 nitrogen and oxygen atoms in total. The number of halogens is 6. The summed E-state index contributed by atoms with van der Waals surface area (Å²) in [6.45, 7) is 0. The molecule has 0 aliphatic carbocycles. The van der Waals surface area contributed by atoms with Crippen molar-refractivity contribution < 1.29 is 26.3 Å². The predicted octanol–water partition coefficient (Wildman–Crippen LogP) is 8.98. The molecule has 0 saturated carbocycles. The number of alkyl halides is 6. The van der Waals surface area contributed by atoms with E-state index in [0.717, 1.165) is 24.3 Å². The highest BCUT2D eigenvalue weighted by molar-refractivity contribution is 6.01. The van der Waals surface area contributed by atoms with Crippen molar-refractivity contribution in [3.05, 3.63) is 108 Å². The van der Waals surface area contributed by atoms with Crippen molar-refractivity contribution in [2.45, 2.75) is 12.4 Å². The van der Waals surface area contributed by atoms with E-state index in [9.17, 15) is 26.3 Å². The Kier molecular flexibility index (Phi) is 5.04. The topological polar surface area (TPSA) is 6.48 Å². The third kappa shape index (κ3) is 3.75. The van der Waals surface area contributed by atoms with Gasteiger partial charge in [0.05, 0.1) is 33.9 Å². The number of rotatable bonds is 2. The second-order valence-electron chi connectivity index (χ2n) is 7.74. The van der Waals surface area contributed by atoms with E-state index in [-0.39, 0.29) is 0 Å². The molecule has 0 bridgehead atoms. The quantitative estimate of drug-likeness (QED) is 0.238. The third-order valence-corrected chi connectivity index (χ3v) is 5.63. The Hall–Kier alpha value is -3.94. The molecule has 0 fully saturated rings. The lowest BCUT2D eigenvalue weighted by Gasteiger charge is -2.40. The van der Waals surface area contributed by atoms with E-state index in [2.05, 4.69) is 0 Å². The molecule has 5 rings (SSSR count). The molecule has 0 unspecified atom stereocenters. The van der Waals surface area contributed by atoms with Crippen LogP contribution in [-0.4, -0.2) is 0 Å². The van der Waals surface area contributed by atoms with Gasteiger partial charge in [0.2, 0.25) is 0 Å². The second kappa shape index (κ2) is 7.83. The van der Waals surface area contributed by atoms with Crippen LogP contribution in [0.5, 0.6) is 0 Å². The van der Waals surface area contributed by atoms with Crippen LogP contribution >= 0.6 is 0 Å². The van der Waals surface area contributed by atoms with Crippen molar-refractivity contribution >= 4 is 34.1 Å². The molecule has 4 aromatic rings. The fourth-order valence-corrected chi connectivity index (χ4v) is 4.10. The summed E-state index contributed by atoms with van der Waals surface area (Å²) >= 11 is 0. The van der Waals surface area contributed by atoms with Crippen LogP contribution in [0, 0.1) is 0 Å². The first-order valence-corrected chi connectivity index (χ1v) is 10.3. The largest absolute Gasteiger partial charge is 0.416 e.